The van der Waals surface area contributed by atoms with Crippen LogP contribution in [0, 0.1) is 0 Å². The molecule has 1 aromatic rings. The first-order valence-electron chi connectivity index (χ1n) is 6.20. The number of hydrogen-bond donors (Lipinski definition) is 1. The average molecular weight is 271 g/mol. The molecule has 0 radical (unpaired) electrons. The van der Waals surface area contributed by atoms with Crippen LogP contribution in [0.3, 0.4) is 0 Å². The number of anilines is 1. The first kappa shape index (κ1) is 15.0. The minimum atomic E-state index is -2.95. The normalized spacial score (nSPS) is 11.4. The van der Waals surface area contributed by atoms with Crippen molar-refractivity contribution in [1.29, 1.82) is 0 Å². The highest BCUT2D eigenvalue weighted by atomic mass is 32.2. The van der Waals surface area contributed by atoms with Gasteiger partial charge in [0.05, 0.1) is 5.75 Å². The average Bonchev–Trinajstić information content (AvgIpc) is 2.40. The van der Waals surface area contributed by atoms with E-state index >= 15 is 0 Å². The quantitative estimate of drug-likeness (QED) is 0.774. The highest BCUT2D eigenvalue weighted by Gasteiger charge is 2.12. The van der Waals surface area contributed by atoms with Gasteiger partial charge in [-0.3, -0.25) is 0 Å². The van der Waals surface area contributed by atoms with Crippen LogP contribution in [0.2, 0.25) is 0 Å². The van der Waals surface area contributed by atoms with E-state index in [4.69, 9.17) is 5.11 Å². The molecule has 0 aliphatic rings. The molecule has 0 aliphatic carbocycles. The molecule has 0 atom stereocenters. The summed E-state index contributed by atoms with van der Waals surface area (Å²) in [5.41, 5.74) is 0.997. The van der Waals surface area contributed by atoms with E-state index in [1.165, 1.54) is 0 Å². The van der Waals surface area contributed by atoms with Gasteiger partial charge in [0.1, 0.15) is 0 Å². The number of para-hydroxylation sites is 1. The molecule has 0 fully saturated rings. The van der Waals surface area contributed by atoms with Crippen LogP contribution < -0.4 is 4.90 Å². The van der Waals surface area contributed by atoms with Gasteiger partial charge in [-0.1, -0.05) is 25.1 Å². The summed E-state index contributed by atoms with van der Waals surface area (Å²) in [4.78, 5) is 2.00. The van der Waals surface area contributed by atoms with Gasteiger partial charge in [0.15, 0.2) is 9.84 Å². The predicted molar refractivity (Wildman–Crippen MR) is 74.7 cm³/mol. The topological polar surface area (TPSA) is 57.6 Å². The molecule has 1 rings (SSSR count). The zero-order valence-electron chi connectivity index (χ0n) is 10.7. The number of hydrogen-bond acceptors (Lipinski definition) is 4. The molecule has 0 spiro atoms. The van der Waals surface area contributed by atoms with Crippen molar-refractivity contribution in [2.45, 2.75) is 13.3 Å². The Labute approximate surface area is 109 Å². The van der Waals surface area contributed by atoms with Gasteiger partial charge in [-0.2, -0.15) is 0 Å². The summed E-state index contributed by atoms with van der Waals surface area (Å²) in [6, 6.07) is 9.69. The summed E-state index contributed by atoms with van der Waals surface area (Å²) >= 11 is 0. The van der Waals surface area contributed by atoms with E-state index < -0.39 is 9.84 Å². The second kappa shape index (κ2) is 7.38. The van der Waals surface area contributed by atoms with Crippen molar-refractivity contribution in [3.05, 3.63) is 30.3 Å². The highest BCUT2D eigenvalue weighted by Crippen LogP contribution is 2.13. The Morgan fingerprint density at radius 2 is 1.83 bits per heavy atom. The molecule has 0 amide bonds. The molecule has 0 aromatic heterocycles. The standard InChI is InChI=1S/C13H21NO3S/c1-2-18(16,17)12-10-14(9-6-11-15)13-7-4-3-5-8-13/h3-5,7-8,15H,2,6,9-12H2,1H3. The Kier molecular flexibility index (Phi) is 6.15. The van der Waals surface area contributed by atoms with Crippen molar-refractivity contribution in [3.63, 3.8) is 0 Å². The van der Waals surface area contributed by atoms with Crippen LogP contribution in [0.4, 0.5) is 5.69 Å². The first-order chi connectivity index (χ1) is 8.59. The molecule has 4 nitrogen and oxygen atoms in total. The fraction of sp³-hybridized carbons (Fsp3) is 0.538. The maximum absolute atomic E-state index is 11.5. The predicted octanol–water partition coefficient (Wildman–Crippen LogP) is 1.31. The van der Waals surface area contributed by atoms with Crippen molar-refractivity contribution < 1.29 is 13.5 Å². The van der Waals surface area contributed by atoms with Gasteiger partial charge in [0, 0.05) is 31.1 Å². The third-order valence-electron chi connectivity index (χ3n) is 2.82. The van der Waals surface area contributed by atoms with Crippen LogP contribution in [0.1, 0.15) is 13.3 Å². The van der Waals surface area contributed by atoms with Gasteiger partial charge in [-0.15, -0.1) is 0 Å². The molecular formula is C13H21NO3S. The molecular weight excluding hydrogens is 250 g/mol. The minimum absolute atomic E-state index is 0.115. The molecule has 5 heteroatoms. The summed E-state index contributed by atoms with van der Waals surface area (Å²) in [5, 5.41) is 8.89. The Hall–Kier alpha value is -1.07. The summed E-state index contributed by atoms with van der Waals surface area (Å²) in [6.45, 7) is 2.92. The van der Waals surface area contributed by atoms with Gasteiger partial charge < -0.3 is 10.0 Å². The van der Waals surface area contributed by atoms with E-state index in [2.05, 4.69) is 0 Å². The Morgan fingerprint density at radius 3 is 2.39 bits per heavy atom. The van der Waals surface area contributed by atoms with E-state index in [9.17, 15) is 8.42 Å². The Balaban J connectivity index is 2.68. The summed E-state index contributed by atoms with van der Waals surface area (Å²) in [6.07, 6.45) is 0.640. The molecule has 0 heterocycles. The lowest BCUT2D eigenvalue weighted by Crippen LogP contribution is -2.31. The van der Waals surface area contributed by atoms with Crippen LogP contribution in [0.25, 0.3) is 0 Å². The number of aliphatic hydroxyl groups excluding tert-OH is 1. The lowest BCUT2D eigenvalue weighted by atomic mass is 10.2. The van der Waals surface area contributed by atoms with Crippen molar-refractivity contribution in [1.82, 2.24) is 0 Å². The van der Waals surface area contributed by atoms with Gasteiger partial charge in [0.2, 0.25) is 0 Å². The first-order valence-corrected chi connectivity index (χ1v) is 8.02. The van der Waals surface area contributed by atoms with Crippen LogP contribution in [0.15, 0.2) is 30.3 Å². The van der Waals surface area contributed by atoms with Gasteiger partial charge in [0.25, 0.3) is 0 Å². The van der Waals surface area contributed by atoms with Crippen LogP contribution in [-0.4, -0.2) is 44.7 Å². The molecule has 102 valence electrons. The smallest absolute Gasteiger partial charge is 0.151 e. The summed E-state index contributed by atoms with van der Waals surface area (Å²) in [5.74, 6) is 0.333. The third-order valence-corrected chi connectivity index (χ3v) is 4.50. The number of nitrogens with zero attached hydrogens (tertiary/aromatic N) is 1. The summed E-state index contributed by atoms with van der Waals surface area (Å²) < 4.78 is 23.1. The largest absolute Gasteiger partial charge is 0.396 e. The van der Waals surface area contributed by atoms with E-state index in [0.717, 1.165) is 5.69 Å². The molecule has 0 unspecified atom stereocenters. The number of aliphatic hydroxyl groups is 1. The Bertz CT molecular complexity index is 431. The van der Waals surface area contributed by atoms with Crippen molar-refractivity contribution >= 4 is 15.5 Å². The maximum Gasteiger partial charge on any atom is 0.151 e. The van der Waals surface area contributed by atoms with Crippen molar-refractivity contribution in [2.24, 2.45) is 0 Å². The number of benzene rings is 1. The van der Waals surface area contributed by atoms with E-state index in [0.29, 0.717) is 19.5 Å². The van der Waals surface area contributed by atoms with Crippen molar-refractivity contribution in [3.8, 4) is 0 Å². The molecule has 0 saturated carbocycles. The van der Waals surface area contributed by atoms with Gasteiger partial charge in [-0.25, -0.2) is 8.42 Å². The van der Waals surface area contributed by atoms with E-state index in [1.54, 1.807) is 6.92 Å². The number of rotatable bonds is 8. The maximum atomic E-state index is 11.5. The third kappa shape index (κ3) is 5.06. The second-order valence-electron chi connectivity index (χ2n) is 4.14. The molecule has 1 aromatic carbocycles. The molecule has 0 bridgehead atoms. The fourth-order valence-corrected chi connectivity index (χ4v) is 2.45. The van der Waals surface area contributed by atoms with Gasteiger partial charge in [-0.05, 0) is 18.6 Å². The van der Waals surface area contributed by atoms with Crippen molar-refractivity contribution in [2.75, 3.05) is 36.1 Å². The molecule has 18 heavy (non-hydrogen) atoms. The Morgan fingerprint density at radius 1 is 1.17 bits per heavy atom. The van der Waals surface area contributed by atoms with Crippen LogP contribution in [-0.2, 0) is 9.84 Å². The zero-order valence-corrected chi connectivity index (χ0v) is 11.6. The van der Waals surface area contributed by atoms with Gasteiger partial charge >= 0.3 is 0 Å². The monoisotopic (exact) mass is 271 g/mol. The summed E-state index contributed by atoms with van der Waals surface area (Å²) in [7, 11) is -2.95. The lowest BCUT2D eigenvalue weighted by molar-refractivity contribution is 0.289. The number of sulfone groups is 1. The zero-order chi connectivity index (χ0) is 13.4. The van der Waals surface area contributed by atoms with Crippen LogP contribution >= 0.6 is 0 Å². The van der Waals surface area contributed by atoms with E-state index in [1.807, 2.05) is 35.2 Å². The molecule has 0 saturated heterocycles. The second-order valence-corrected chi connectivity index (χ2v) is 6.61. The lowest BCUT2D eigenvalue weighted by Gasteiger charge is -2.24. The highest BCUT2D eigenvalue weighted by molar-refractivity contribution is 7.91. The fourth-order valence-electron chi connectivity index (χ4n) is 1.66. The minimum Gasteiger partial charge on any atom is -0.396 e. The SMILES string of the molecule is CCS(=O)(=O)CCN(CCCO)c1ccccc1. The molecule has 0 aliphatic heterocycles. The van der Waals surface area contributed by atoms with E-state index in [-0.39, 0.29) is 18.1 Å². The molecule has 1 N–H and O–H groups in total. The van der Waals surface area contributed by atoms with Crippen LogP contribution in [0.5, 0.6) is 0 Å².